The molecular formula is C15H14N4O2. The van der Waals surface area contributed by atoms with Gasteiger partial charge in [-0.2, -0.15) is 5.10 Å². The molecule has 1 atom stereocenters. The second kappa shape index (κ2) is 4.53. The molecule has 2 N–H and O–H groups in total. The van der Waals surface area contributed by atoms with Crippen molar-refractivity contribution in [3.8, 4) is 5.69 Å². The van der Waals surface area contributed by atoms with Gasteiger partial charge in [-0.3, -0.25) is 4.79 Å². The van der Waals surface area contributed by atoms with Gasteiger partial charge in [-0.25, -0.2) is 10.4 Å². The third-order valence-corrected chi connectivity index (χ3v) is 4.05. The molecule has 6 nitrogen and oxygen atoms in total. The Hall–Kier alpha value is -2.47. The van der Waals surface area contributed by atoms with Crippen molar-refractivity contribution in [3.05, 3.63) is 47.5 Å². The van der Waals surface area contributed by atoms with Crippen LogP contribution in [0.1, 0.15) is 23.2 Å². The molecule has 0 spiro atoms. The monoisotopic (exact) mass is 282 g/mol. The number of hydrogen-bond acceptors (Lipinski definition) is 4. The first kappa shape index (κ1) is 12.3. The van der Waals surface area contributed by atoms with E-state index in [1.165, 1.54) is 5.56 Å². The van der Waals surface area contributed by atoms with Crippen LogP contribution in [0.25, 0.3) is 5.69 Å². The number of hydrazone groups is 1. The van der Waals surface area contributed by atoms with Gasteiger partial charge in [0.25, 0.3) is 0 Å². The number of imidazole rings is 1. The maximum atomic E-state index is 11.4. The average molecular weight is 282 g/mol. The lowest BCUT2D eigenvalue weighted by Gasteiger charge is -2.15. The first-order chi connectivity index (χ1) is 10.2. The molecule has 1 aromatic heterocycles. The molecule has 0 radical (unpaired) electrons. The Morgan fingerprint density at radius 2 is 2.29 bits per heavy atom. The number of nitrogens with one attached hydrogen (secondary N) is 1. The highest BCUT2D eigenvalue weighted by molar-refractivity contribution is 6.09. The van der Waals surface area contributed by atoms with Gasteiger partial charge in [0.2, 0.25) is 5.91 Å². The van der Waals surface area contributed by atoms with Crippen molar-refractivity contribution in [2.75, 3.05) is 0 Å². The minimum atomic E-state index is -0.0649. The van der Waals surface area contributed by atoms with Gasteiger partial charge in [0.1, 0.15) is 0 Å². The lowest BCUT2D eigenvalue weighted by atomic mass is 9.99. The van der Waals surface area contributed by atoms with E-state index in [4.69, 9.17) is 5.11 Å². The molecular weight excluding hydrogens is 268 g/mol. The summed E-state index contributed by atoms with van der Waals surface area (Å²) >= 11 is 0. The van der Waals surface area contributed by atoms with Crippen LogP contribution in [-0.2, 0) is 17.8 Å². The van der Waals surface area contributed by atoms with Crippen molar-refractivity contribution in [3.63, 3.8) is 0 Å². The molecule has 21 heavy (non-hydrogen) atoms. The summed E-state index contributed by atoms with van der Waals surface area (Å²) in [6, 6.07) is 6.14. The fourth-order valence-corrected chi connectivity index (χ4v) is 3.04. The highest BCUT2D eigenvalue weighted by Crippen LogP contribution is 2.32. The van der Waals surface area contributed by atoms with Crippen LogP contribution in [0.15, 0.2) is 35.8 Å². The topological polar surface area (TPSA) is 79.5 Å². The smallest absolute Gasteiger partial charge is 0.240 e. The minimum absolute atomic E-state index is 0.0148. The lowest BCUT2D eigenvalue weighted by molar-refractivity contribution is -0.121. The Morgan fingerprint density at radius 1 is 1.38 bits per heavy atom. The van der Waals surface area contributed by atoms with Crippen LogP contribution in [0.2, 0.25) is 0 Å². The summed E-state index contributed by atoms with van der Waals surface area (Å²) in [5.41, 5.74) is 7.50. The fourth-order valence-electron chi connectivity index (χ4n) is 3.04. The van der Waals surface area contributed by atoms with Gasteiger partial charge in [-0.1, -0.05) is 6.07 Å². The van der Waals surface area contributed by atoms with Gasteiger partial charge in [0, 0.05) is 29.8 Å². The molecule has 2 aromatic rings. The quantitative estimate of drug-likeness (QED) is 0.853. The number of hydrogen-bond donors (Lipinski definition) is 2. The Labute approximate surface area is 121 Å². The number of amides is 1. The minimum Gasteiger partial charge on any atom is -0.390 e. The normalized spacial score (nSPS) is 19.8. The van der Waals surface area contributed by atoms with Crippen molar-refractivity contribution in [2.45, 2.75) is 19.4 Å². The molecule has 2 heterocycles. The molecule has 0 bridgehead atoms. The molecule has 1 unspecified atom stereocenters. The van der Waals surface area contributed by atoms with Gasteiger partial charge in [-0.15, -0.1) is 0 Å². The number of fused-ring (bicyclic) bond motifs is 3. The molecule has 4 rings (SSSR count). The number of carbonyl (C=O) groups is 1. The van der Waals surface area contributed by atoms with Gasteiger partial charge in [-0.05, 0) is 24.1 Å². The van der Waals surface area contributed by atoms with Crippen LogP contribution in [-0.4, -0.2) is 26.3 Å². The zero-order valence-corrected chi connectivity index (χ0v) is 11.3. The second-order valence-electron chi connectivity index (χ2n) is 5.41. The summed E-state index contributed by atoms with van der Waals surface area (Å²) < 4.78 is 1.89. The van der Waals surface area contributed by atoms with Crippen molar-refractivity contribution < 1.29 is 9.90 Å². The van der Waals surface area contributed by atoms with E-state index >= 15 is 0 Å². The SMILES string of the molecule is O=C1CC2Cc3cc(-n4cnc(CO)c4)ccc3C2=NN1. The number of rotatable bonds is 2. The standard InChI is InChI=1S/C15H14N4O2/c20-7-11-6-19(8-16-11)12-1-2-13-9(4-12)3-10-5-14(21)17-18-15(10)13/h1-2,4,6,8,10,20H,3,5,7H2,(H,17,21). The summed E-state index contributed by atoms with van der Waals surface area (Å²) in [5.74, 6) is 0.179. The van der Waals surface area contributed by atoms with Crippen LogP contribution in [0.4, 0.5) is 0 Å². The molecule has 6 heteroatoms. The largest absolute Gasteiger partial charge is 0.390 e. The summed E-state index contributed by atoms with van der Waals surface area (Å²) in [7, 11) is 0. The maximum absolute atomic E-state index is 11.4. The van der Waals surface area contributed by atoms with Crippen molar-refractivity contribution in [2.24, 2.45) is 11.0 Å². The third-order valence-electron chi connectivity index (χ3n) is 4.05. The molecule has 0 saturated heterocycles. The molecule has 2 aliphatic rings. The van der Waals surface area contributed by atoms with E-state index in [2.05, 4.69) is 21.6 Å². The number of aliphatic hydroxyl groups excluding tert-OH is 1. The highest BCUT2D eigenvalue weighted by atomic mass is 16.3. The highest BCUT2D eigenvalue weighted by Gasteiger charge is 2.33. The number of nitrogens with zero attached hydrogens (tertiary/aromatic N) is 3. The molecule has 106 valence electrons. The van der Waals surface area contributed by atoms with Crippen LogP contribution in [0, 0.1) is 5.92 Å². The Bertz CT molecular complexity index is 763. The second-order valence-corrected chi connectivity index (χ2v) is 5.41. The van der Waals surface area contributed by atoms with E-state index in [0.717, 1.165) is 23.4 Å². The van der Waals surface area contributed by atoms with Crippen molar-refractivity contribution >= 4 is 11.6 Å². The average Bonchev–Trinajstić information content (AvgIpc) is 3.10. The predicted molar refractivity (Wildman–Crippen MR) is 76.0 cm³/mol. The Balaban J connectivity index is 1.72. The van der Waals surface area contributed by atoms with Crippen LogP contribution in [0.5, 0.6) is 0 Å². The van der Waals surface area contributed by atoms with Crippen LogP contribution < -0.4 is 5.43 Å². The van der Waals surface area contributed by atoms with Gasteiger partial charge in [0.05, 0.1) is 24.3 Å². The third kappa shape index (κ3) is 1.95. The molecule has 1 aliphatic heterocycles. The van der Waals surface area contributed by atoms with Crippen LogP contribution in [0.3, 0.4) is 0 Å². The maximum Gasteiger partial charge on any atom is 0.240 e. The summed E-state index contributed by atoms with van der Waals surface area (Å²) in [6.45, 7) is -0.0649. The van der Waals surface area contributed by atoms with E-state index in [1.807, 2.05) is 22.9 Å². The molecule has 1 aliphatic carbocycles. The number of benzene rings is 1. The summed E-state index contributed by atoms with van der Waals surface area (Å²) in [5, 5.41) is 13.3. The van der Waals surface area contributed by atoms with E-state index in [9.17, 15) is 4.79 Å². The lowest BCUT2D eigenvalue weighted by Crippen LogP contribution is -2.31. The molecule has 0 saturated carbocycles. The van der Waals surface area contributed by atoms with Gasteiger partial charge >= 0.3 is 0 Å². The molecule has 0 fully saturated rings. The van der Waals surface area contributed by atoms with E-state index in [1.54, 1.807) is 6.33 Å². The molecule has 1 amide bonds. The van der Waals surface area contributed by atoms with Crippen molar-refractivity contribution in [1.29, 1.82) is 0 Å². The Kier molecular flexibility index (Phi) is 2.65. The van der Waals surface area contributed by atoms with Gasteiger partial charge < -0.3 is 9.67 Å². The number of aliphatic hydroxyl groups is 1. The molecule has 1 aromatic carbocycles. The van der Waals surface area contributed by atoms with Gasteiger partial charge in [0.15, 0.2) is 0 Å². The van der Waals surface area contributed by atoms with E-state index < -0.39 is 0 Å². The first-order valence-electron chi connectivity index (χ1n) is 6.88. The van der Waals surface area contributed by atoms with Crippen LogP contribution >= 0.6 is 0 Å². The summed E-state index contributed by atoms with van der Waals surface area (Å²) in [6.07, 6.45) is 4.85. The van der Waals surface area contributed by atoms with Crippen molar-refractivity contribution in [1.82, 2.24) is 15.0 Å². The fraction of sp³-hybridized carbons (Fsp3) is 0.267. The van der Waals surface area contributed by atoms with E-state index in [-0.39, 0.29) is 18.4 Å². The number of aromatic nitrogens is 2. The summed E-state index contributed by atoms with van der Waals surface area (Å²) in [4.78, 5) is 15.5. The number of carbonyl (C=O) groups excluding carboxylic acids is 1. The zero-order valence-electron chi connectivity index (χ0n) is 11.3. The Morgan fingerprint density at radius 3 is 3.10 bits per heavy atom. The predicted octanol–water partition coefficient (Wildman–Crippen LogP) is 0.761. The first-order valence-corrected chi connectivity index (χ1v) is 6.88. The zero-order chi connectivity index (χ0) is 14.4. The van der Waals surface area contributed by atoms with E-state index in [0.29, 0.717) is 12.1 Å².